The summed E-state index contributed by atoms with van der Waals surface area (Å²) >= 11 is 1.61. The van der Waals surface area contributed by atoms with Gasteiger partial charge in [0.1, 0.15) is 5.37 Å². The first-order chi connectivity index (χ1) is 21.8. The lowest BCUT2D eigenvalue weighted by atomic mass is 10.0. The third kappa shape index (κ3) is 7.12. The summed E-state index contributed by atoms with van der Waals surface area (Å²) in [5, 5.41) is 12.6. The van der Waals surface area contributed by atoms with Crippen LogP contribution in [0.2, 0.25) is 0 Å². The summed E-state index contributed by atoms with van der Waals surface area (Å²) in [5.74, 6) is 0.540. The van der Waals surface area contributed by atoms with E-state index in [1.54, 1.807) is 11.8 Å². The Bertz CT molecular complexity index is 1370. The molecule has 0 spiro atoms. The van der Waals surface area contributed by atoms with E-state index >= 15 is 0 Å². The van der Waals surface area contributed by atoms with Gasteiger partial charge in [-0.3, -0.25) is 9.59 Å². The van der Waals surface area contributed by atoms with E-state index in [0.29, 0.717) is 32.1 Å². The van der Waals surface area contributed by atoms with E-state index in [2.05, 4.69) is 42.3 Å². The molecule has 4 heterocycles. The van der Waals surface area contributed by atoms with Crippen LogP contribution in [0.4, 0.5) is 16.2 Å². The van der Waals surface area contributed by atoms with E-state index in [1.807, 2.05) is 45.0 Å². The molecule has 4 aliphatic rings. The van der Waals surface area contributed by atoms with Gasteiger partial charge in [-0.25, -0.2) is 4.79 Å². The second kappa shape index (κ2) is 14.0. The number of carbonyl (C=O) groups excluding carboxylic acids is 3. The number of piperidine rings is 2. The number of nitrogens with one attached hydrogen (secondary N) is 1. The summed E-state index contributed by atoms with van der Waals surface area (Å²) in [5.41, 5.74) is 4.27. The maximum atomic E-state index is 13.9. The Morgan fingerprint density at radius 3 is 2.42 bits per heavy atom. The minimum Gasteiger partial charge on any atom is -0.393 e. The van der Waals surface area contributed by atoms with Crippen LogP contribution in [0.3, 0.4) is 0 Å². The van der Waals surface area contributed by atoms with Gasteiger partial charge in [-0.05, 0) is 62.1 Å². The van der Waals surface area contributed by atoms with Crippen molar-refractivity contribution in [3.63, 3.8) is 0 Å². The van der Waals surface area contributed by atoms with Gasteiger partial charge in [-0.1, -0.05) is 50.2 Å². The maximum Gasteiger partial charge on any atom is 0.322 e. The highest BCUT2D eigenvalue weighted by Gasteiger charge is 2.44. The number of likely N-dealkylation sites (tertiary alicyclic amines) is 1. The van der Waals surface area contributed by atoms with Gasteiger partial charge in [0.2, 0.25) is 11.8 Å². The highest BCUT2D eigenvalue weighted by Crippen LogP contribution is 2.47. The average molecular weight is 634 g/mol. The molecule has 0 aromatic heterocycles. The topological polar surface area (TPSA) is 96.4 Å². The van der Waals surface area contributed by atoms with E-state index in [-0.39, 0.29) is 41.8 Å². The van der Waals surface area contributed by atoms with Gasteiger partial charge in [0.05, 0.1) is 11.4 Å². The molecule has 0 aliphatic carbocycles. The zero-order chi connectivity index (χ0) is 31.5. The number of rotatable bonds is 8. The number of aliphatic hydroxyl groups excluding tert-OH is 1. The number of fused-ring (bicyclic) bond motifs is 1. The van der Waals surface area contributed by atoms with Gasteiger partial charge in [-0.15, -0.1) is 11.8 Å². The van der Waals surface area contributed by atoms with Crippen LogP contribution in [-0.4, -0.2) is 94.3 Å². The number of hydrogen-bond donors (Lipinski definition) is 2. The van der Waals surface area contributed by atoms with Gasteiger partial charge in [0.25, 0.3) is 0 Å². The Morgan fingerprint density at radius 1 is 0.956 bits per heavy atom. The van der Waals surface area contributed by atoms with Crippen molar-refractivity contribution in [2.45, 2.75) is 81.6 Å². The molecule has 0 saturated carbocycles. The smallest absolute Gasteiger partial charge is 0.322 e. The van der Waals surface area contributed by atoms with Crippen LogP contribution in [-0.2, 0) is 16.0 Å². The van der Waals surface area contributed by atoms with E-state index < -0.39 is 5.25 Å². The second-order valence-corrected chi connectivity index (χ2v) is 14.6. The van der Waals surface area contributed by atoms with E-state index in [1.165, 1.54) is 0 Å². The van der Waals surface area contributed by atoms with Gasteiger partial charge in [0, 0.05) is 68.7 Å². The Labute approximate surface area is 271 Å². The van der Waals surface area contributed by atoms with Crippen molar-refractivity contribution >= 4 is 41.0 Å². The summed E-state index contributed by atoms with van der Waals surface area (Å²) < 4.78 is 0. The average Bonchev–Trinajstić information content (AvgIpc) is 3.24. The summed E-state index contributed by atoms with van der Waals surface area (Å²) in [6.07, 6.45) is 4.62. The van der Waals surface area contributed by atoms with Gasteiger partial charge in [-0.2, -0.15) is 0 Å². The monoisotopic (exact) mass is 633 g/mol. The highest BCUT2D eigenvalue weighted by molar-refractivity contribution is 8.01. The molecule has 242 valence electrons. The zero-order valence-corrected chi connectivity index (χ0v) is 27.4. The van der Waals surface area contributed by atoms with Crippen LogP contribution in [0.25, 0.3) is 0 Å². The number of thioether (sulfide) groups is 1. The van der Waals surface area contributed by atoms with Gasteiger partial charge < -0.3 is 30.0 Å². The Hall–Kier alpha value is -3.24. The Morgan fingerprint density at radius 2 is 1.67 bits per heavy atom. The predicted octanol–water partition coefficient (Wildman–Crippen LogP) is 5.11. The number of para-hydroxylation sites is 2. The molecule has 4 aliphatic heterocycles. The maximum absolute atomic E-state index is 13.9. The molecule has 45 heavy (non-hydrogen) atoms. The fourth-order valence-electron chi connectivity index (χ4n) is 7.13. The molecular formula is C35H47N5O4S. The number of amides is 4. The highest BCUT2D eigenvalue weighted by atomic mass is 32.2. The van der Waals surface area contributed by atoms with Crippen molar-refractivity contribution in [3.05, 3.63) is 59.7 Å². The summed E-state index contributed by atoms with van der Waals surface area (Å²) in [6.45, 7) is 8.45. The number of benzene rings is 2. The fraction of sp³-hybridized carbons (Fsp3) is 0.571. The van der Waals surface area contributed by atoms with Crippen molar-refractivity contribution in [1.29, 1.82) is 0 Å². The number of aliphatic hydroxyl groups is 1. The lowest BCUT2D eigenvalue weighted by molar-refractivity contribution is -0.136. The first-order valence-corrected chi connectivity index (χ1v) is 17.6. The third-order valence-corrected chi connectivity index (χ3v) is 11.3. The van der Waals surface area contributed by atoms with Crippen molar-refractivity contribution in [2.75, 3.05) is 49.5 Å². The molecule has 2 aromatic rings. The van der Waals surface area contributed by atoms with E-state index in [0.717, 1.165) is 74.1 Å². The molecular weight excluding hydrogens is 586 g/mol. The number of anilines is 2. The van der Waals surface area contributed by atoms with Crippen molar-refractivity contribution < 1.29 is 19.5 Å². The molecule has 9 nitrogen and oxygen atoms in total. The molecule has 6 rings (SSSR count). The summed E-state index contributed by atoms with van der Waals surface area (Å²) in [6, 6.07) is 16.3. The molecule has 0 radical (unpaired) electrons. The van der Waals surface area contributed by atoms with Crippen molar-refractivity contribution in [2.24, 2.45) is 5.92 Å². The number of nitrogens with zero attached hydrogens (tertiary/aromatic N) is 4. The van der Waals surface area contributed by atoms with Crippen LogP contribution in [0.5, 0.6) is 0 Å². The van der Waals surface area contributed by atoms with Crippen LogP contribution in [0.15, 0.2) is 48.5 Å². The largest absolute Gasteiger partial charge is 0.393 e. The summed E-state index contributed by atoms with van der Waals surface area (Å²) in [7, 11) is 0. The fourth-order valence-corrected chi connectivity index (χ4v) is 8.64. The minimum absolute atomic E-state index is 0.0229. The van der Waals surface area contributed by atoms with E-state index in [4.69, 9.17) is 0 Å². The molecule has 4 amide bonds. The molecule has 0 bridgehead atoms. The number of urea groups is 1. The van der Waals surface area contributed by atoms with Crippen LogP contribution in [0.1, 0.15) is 68.9 Å². The SMILES string of the molecule is CC(C)CCN1C(=O)C(CC(=O)N2CCC(N3CCc4ccccc4NC3=O)CC2)SC1c1ccccc1N1CCC(O)CC1. The normalized spacial score (nSPS) is 23.4. The quantitative estimate of drug-likeness (QED) is 0.420. The number of hydrogen-bond acceptors (Lipinski definition) is 6. The van der Waals surface area contributed by atoms with Gasteiger partial charge in [0.15, 0.2) is 0 Å². The van der Waals surface area contributed by atoms with Crippen LogP contribution >= 0.6 is 11.8 Å². The van der Waals surface area contributed by atoms with E-state index in [9.17, 15) is 19.5 Å². The molecule has 2 unspecified atom stereocenters. The lowest BCUT2D eigenvalue weighted by Gasteiger charge is -2.38. The molecule has 2 atom stereocenters. The molecule has 2 N–H and O–H groups in total. The zero-order valence-electron chi connectivity index (χ0n) is 26.6. The summed E-state index contributed by atoms with van der Waals surface area (Å²) in [4.78, 5) is 48.8. The standard InChI is InChI=1S/C35H47N5O4S/c1-24(2)11-21-40-33(43)31(45-34(40)28-8-4-6-10-30(28)37-19-15-27(41)16-20-37)23-32(42)38-17-13-26(14-18-38)39-22-12-25-7-3-5-9-29(25)36-35(39)44/h3-10,24,26-27,31,34,41H,11-23H2,1-2H3,(H,36,44). The minimum atomic E-state index is -0.418. The first-order valence-electron chi connectivity index (χ1n) is 16.7. The first kappa shape index (κ1) is 31.7. The van der Waals surface area contributed by atoms with Crippen molar-refractivity contribution in [3.8, 4) is 0 Å². The third-order valence-electron chi connectivity index (χ3n) is 9.85. The molecule has 10 heteroatoms. The molecule has 2 aromatic carbocycles. The Kier molecular flexibility index (Phi) is 9.90. The Balaban J connectivity index is 1.10. The van der Waals surface area contributed by atoms with Crippen LogP contribution in [0, 0.1) is 5.92 Å². The second-order valence-electron chi connectivity index (χ2n) is 13.3. The number of carbonyl (C=O) groups is 3. The molecule has 3 saturated heterocycles. The van der Waals surface area contributed by atoms with Crippen LogP contribution < -0.4 is 10.2 Å². The van der Waals surface area contributed by atoms with Crippen molar-refractivity contribution in [1.82, 2.24) is 14.7 Å². The van der Waals surface area contributed by atoms with Gasteiger partial charge >= 0.3 is 6.03 Å². The lowest BCUT2D eigenvalue weighted by Crippen LogP contribution is -2.50. The predicted molar refractivity (Wildman–Crippen MR) is 179 cm³/mol. The molecule has 3 fully saturated rings.